The van der Waals surface area contributed by atoms with Crippen LogP contribution in [0.3, 0.4) is 0 Å². The first-order valence-electron chi connectivity index (χ1n) is 9.19. The average Bonchev–Trinajstić information content (AvgIpc) is 3.03. The molecule has 5 nitrogen and oxygen atoms in total. The number of carbonyl (C=O) groups is 1. The predicted octanol–water partition coefficient (Wildman–Crippen LogP) is 2.54. The molecule has 0 spiro atoms. The van der Waals surface area contributed by atoms with Crippen LogP contribution in [0.2, 0.25) is 0 Å². The zero-order chi connectivity index (χ0) is 17.4. The summed E-state index contributed by atoms with van der Waals surface area (Å²) in [5.74, 6) is 0.226. The van der Waals surface area contributed by atoms with Crippen molar-refractivity contribution < 1.29 is 9.90 Å². The van der Waals surface area contributed by atoms with Crippen molar-refractivity contribution in [2.45, 2.75) is 50.7 Å². The molecule has 132 valence electrons. The van der Waals surface area contributed by atoms with E-state index in [1.54, 1.807) is 4.68 Å². The second kappa shape index (κ2) is 6.64. The van der Waals surface area contributed by atoms with Crippen molar-refractivity contribution in [1.29, 1.82) is 0 Å². The number of hydrogen-bond donors (Lipinski definition) is 2. The Bertz CT molecular complexity index is 777. The molecule has 1 atom stereocenters. The van der Waals surface area contributed by atoms with E-state index in [0.717, 1.165) is 36.8 Å². The molecular weight excluding hydrogens is 314 g/mol. The Balaban J connectivity index is 1.54. The van der Waals surface area contributed by atoms with E-state index in [1.807, 2.05) is 25.5 Å². The van der Waals surface area contributed by atoms with Gasteiger partial charge in [0.2, 0.25) is 0 Å². The molecule has 0 unspecified atom stereocenters. The Morgan fingerprint density at radius 2 is 2.04 bits per heavy atom. The number of aromatic nitrogens is 2. The number of hydrogen-bond acceptors (Lipinski definition) is 3. The molecule has 0 aliphatic heterocycles. The zero-order valence-electron chi connectivity index (χ0n) is 14.6. The Hall–Kier alpha value is -2.14. The summed E-state index contributed by atoms with van der Waals surface area (Å²) in [7, 11) is 1.88. The molecule has 5 heteroatoms. The fraction of sp³-hybridized carbons (Fsp3) is 0.500. The largest absolute Gasteiger partial charge is 0.393 e. The molecule has 1 heterocycles. The van der Waals surface area contributed by atoms with Gasteiger partial charge < -0.3 is 10.4 Å². The molecular formula is C20H25N3O2. The number of nitrogens with zero attached hydrogens (tertiary/aromatic N) is 2. The first-order chi connectivity index (χ1) is 12.1. The summed E-state index contributed by atoms with van der Waals surface area (Å²) >= 11 is 0. The van der Waals surface area contributed by atoms with Gasteiger partial charge in [-0.3, -0.25) is 9.48 Å². The average molecular weight is 339 g/mol. The highest BCUT2D eigenvalue weighted by Gasteiger charge is 2.36. The van der Waals surface area contributed by atoms with Gasteiger partial charge >= 0.3 is 0 Å². The van der Waals surface area contributed by atoms with Crippen LogP contribution in [0.5, 0.6) is 0 Å². The monoisotopic (exact) mass is 339 g/mol. The molecule has 1 aromatic heterocycles. The number of aliphatic hydroxyl groups is 1. The molecule has 1 aromatic carbocycles. The summed E-state index contributed by atoms with van der Waals surface area (Å²) in [4.78, 5) is 12.8. The Labute approximate surface area is 148 Å². The third-order valence-corrected chi connectivity index (χ3v) is 5.60. The van der Waals surface area contributed by atoms with Crippen LogP contribution in [0.1, 0.15) is 58.8 Å². The van der Waals surface area contributed by atoms with Crippen molar-refractivity contribution >= 4 is 5.91 Å². The number of fused-ring (bicyclic) bond motifs is 1. The summed E-state index contributed by atoms with van der Waals surface area (Å²) in [5.41, 5.74) is 4.43. The Morgan fingerprint density at radius 1 is 1.28 bits per heavy atom. The number of nitrogens with one attached hydrogen (secondary N) is 1. The highest BCUT2D eigenvalue weighted by atomic mass is 16.3. The van der Waals surface area contributed by atoms with Gasteiger partial charge in [-0.15, -0.1) is 0 Å². The number of carbonyl (C=O) groups excluding carboxylic acids is 1. The van der Waals surface area contributed by atoms with Gasteiger partial charge in [-0.1, -0.05) is 6.07 Å². The lowest BCUT2D eigenvalue weighted by molar-refractivity contribution is 0.0235. The molecule has 0 saturated heterocycles. The third-order valence-electron chi connectivity index (χ3n) is 5.60. The molecule has 4 rings (SSSR count). The van der Waals surface area contributed by atoms with Gasteiger partial charge in [0.25, 0.3) is 5.91 Å². The van der Waals surface area contributed by atoms with Crippen LogP contribution in [0.25, 0.3) is 0 Å². The van der Waals surface area contributed by atoms with Crippen molar-refractivity contribution in [2.24, 2.45) is 13.0 Å². The third kappa shape index (κ3) is 3.33. The van der Waals surface area contributed by atoms with Crippen LogP contribution in [-0.4, -0.2) is 26.9 Å². The van der Waals surface area contributed by atoms with E-state index in [-0.39, 0.29) is 24.0 Å². The molecule has 2 aromatic rings. The van der Waals surface area contributed by atoms with Crippen LogP contribution in [0.15, 0.2) is 30.6 Å². The van der Waals surface area contributed by atoms with E-state index in [1.165, 1.54) is 24.0 Å². The molecule has 2 aliphatic carbocycles. The summed E-state index contributed by atoms with van der Waals surface area (Å²) in [5, 5.41) is 17.1. The van der Waals surface area contributed by atoms with Gasteiger partial charge in [-0.25, -0.2) is 0 Å². The highest BCUT2D eigenvalue weighted by molar-refractivity contribution is 5.94. The molecule has 25 heavy (non-hydrogen) atoms. The van der Waals surface area contributed by atoms with E-state index >= 15 is 0 Å². The van der Waals surface area contributed by atoms with E-state index in [9.17, 15) is 9.90 Å². The first kappa shape index (κ1) is 16.3. The maximum Gasteiger partial charge on any atom is 0.251 e. The molecule has 0 radical (unpaired) electrons. The maximum atomic E-state index is 12.8. The number of benzene rings is 1. The van der Waals surface area contributed by atoms with Crippen molar-refractivity contribution in [3.63, 3.8) is 0 Å². The van der Waals surface area contributed by atoms with Crippen molar-refractivity contribution in [2.75, 3.05) is 0 Å². The summed E-state index contributed by atoms with van der Waals surface area (Å²) < 4.78 is 1.75. The minimum atomic E-state index is -0.246. The van der Waals surface area contributed by atoms with Crippen LogP contribution in [-0.2, 0) is 19.9 Å². The van der Waals surface area contributed by atoms with Gasteiger partial charge in [0.15, 0.2) is 0 Å². The zero-order valence-corrected chi connectivity index (χ0v) is 14.6. The van der Waals surface area contributed by atoms with Gasteiger partial charge in [0.1, 0.15) is 0 Å². The lowest BCUT2D eigenvalue weighted by Crippen LogP contribution is -2.41. The molecule has 2 N–H and O–H groups in total. The predicted molar refractivity (Wildman–Crippen MR) is 95.2 cm³/mol. The molecule has 1 amide bonds. The first-order valence-corrected chi connectivity index (χ1v) is 9.19. The van der Waals surface area contributed by atoms with Crippen molar-refractivity contribution in [3.05, 3.63) is 52.8 Å². The summed E-state index contributed by atoms with van der Waals surface area (Å²) in [6.45, 7) is 0. The summed E-state index contributed by atoms with van der Waals surface area (Å²) in [6, 6.07) is 6.01. The minimum Gasteiger partial charge on any atom is -0.393 e. The van der Waals surface area contributed by atoms with E-state index in [2.05, 4.69) is 22.5 Å². The van der Waals surface area contributed by atoms with Gasteiger partial charge in [0.05, 0.1) is 18.3 Å². The second-order valence-corrected chi connectivity index (χ2v) is 7.47. The topological polar surface area (TPSA) is 67.2 Å². The molecule has 2 aliphatic rings. The highest BCUT2D eigenvalue weighted by Crippen LogP contribution is 2.38. The van der Waals surface area contributed by atoms with Gasteiger partial charge in [-0.2, -0.15) is 5.10 Å². The number of aryl methyl sites for hydroxylation is 3. The lowest BCUT2D eigenvalue weighted by Gasteiger charge is -2.37. The van der Waals surface area contributed by atoms with Crippen molar-refractivity contribution in [1.82, 2.24) is 15.1 Å². The maximum absolute atomic E-state index is 12.8. The van der Waals surface area contributed by atoms with Crippen molar-refractivity contribution in [3.8, 4) is 0 Å². The Morgan fingerprint density at radius 3 is 2.72 bits per heavy atom. The lowest BCUT2D eigenvalue weighted by atomic mass is 9.75. The number of amides is 1. The quantitative estimate of drug-likeness (QED) is 0.899. The Kier molecular flexibility index (Phi) is 4.34. The number of rotatable bonds is 4. The van der Waals surface area contributed by atoms with Crippen LogP contribution < -0.4 is 5.32 Å². The van der Waals surface area contributed by atoms with E-state index in [0.29, 0.717) is 0 Å². The molecule has 0 bridgehead atoms. The summed E-state index contributed by atoms with van der Waals surface area (Å²) in [6.07, 6.45) is 9.60. The van der Waals surface area contributed by atoms with E-state index < -0.39 is 0 Å². The molecule has 1 fully saturated rings. The van der Waals surface area contributed by atoms with Crippen LogP contribution in [0, 0.1) is 5.92 Å². The van der Waals surface area contributed by atoms with Crippen LogP contribution in [0.4, 0.5) is 0 Å². The number of aliphatic hydroxyl groups excluding tert-OH is 1. The van der Waals surface area contributed by atoms with Gasteiger partial charge in [0, 0.05) is 24.4 Å². The standard InChI is InChI=1S/C20H25N3O2/c1-23-12-17(11-21-23)19(16-9-18(24)10-16)22-20(25)15-7-6-13-4-2-3-5-14(13)8-15/h6-8,11-12,16,18-19,24H,2-5,9-10H2,1H3,(H,22,25)/t16?,18?,19-/m0/s1. The minimum absolute atomic E-state index is 0.0383. The molecule has 1 saturated carbocycles. The fourth-order valence-corrected chi connectivity index (χ4v) is 4.08. The van der Waals surface area contributed by atoms with Gasteiger partial charge in [-0.05, 0) is 67.7 Å². The SMILES string of the molecule is Cn1cc([C@@H](NC(=O)c2ccc3c(c2)CCCC3)C2CC(O)C2)cn1. The smallest absolute Gasteiger partial charge is 0.251 e. The second-order valence-electron chi connectivity index (χ2n) is 7.47. The van der Waals surface area contributed by atoms with Crippen LogP contribution >= 0.6 is 0 Å². The van der Waals surface area contributed by atoms with E-state index in [4.69, 9.17) is 0 Å². The normalized spacial score (nSPS) is 23.4. The fourth-order valence-electron chi connectivity index (χ4n) is 4.08.